The SMILES string of the molecule is COC(C)COc1nc(N(C)C)c2cc(C)c(Br)c(OC(C)c3ccccc3)c2n1. The van der Waals surface area contributed by atoms with Crippen molar-refractivity contribution in [1.29, 1.82) is 0 Å². The van der Waals surface area contributed by atoms with Gasteiger partial charge in [-0.15, -0.1) is 0 Å². The number of aromatic nitrogens is 2. The van der Waals surface area contributed by atoms with E-state index in [9.17, 15) is 0 Å². The second-order valence-electron chi connectivity index (χ2n) is 7.49. The van der Waals surface area contributed by atoms with Crippen molar-refractivity contribution in [3.63, 3.8) is 0 Å². The van der Waals surface area contributed by atoms with Gasteiger partial charge in [-0.3, -0.25) is 0 Å². The molecule has 0 amide bonds. The van der Waals surface area contributed by atoms with Gasteiger partial charge in [0.25, 0.3) is 0 Å². The molecule has 0 aliphatic carbocycles. The number of rotatable bonds is 8. The Labute approximate surface area is 186 Å². The maximum atomic E-state index is 6.43. The molecule has 30 heavy (non-hydrogen) atoms. The molecule has 0 spiro atoms. The summed E-state index contributed by atoms with van der Waals surface area (Å²) in [4.78, 5) is 11.3. The maximum Gasteiger partial charge on any atom is 0.319 e. The first-order valence-corrected chi connectivity index (χ1v) is 10.7. The van der Waals surface area contributed by atoms with Crippen molar-refractivity contribution in [3.8, 4) is 11.8 Å². The van der Waals surface area contributed by atoms with Crippen LogP contribution >= 0.6 is 15.9 Å². The largest absolute Gasteiger partial charge is 0.483 e. The lowest BCUT2D eigenvalue weighted by Crippen LogP contribution is -2.18. The Hall–Kier alpha value is -2.38. The molecular weight excluding hydrogens is 446 g/mol. The van der Waals surface area contributed by atoms with E-state index in [1.54, 1.807) is 7.11 Å². The van der Waals surface area contributed by atoms with E-state index in [-0.39, 0.29) is 12.2 Å². The second kappa shape index (κ2) is 9.62. The lowest BCUT2D eigenvalue weighted by Gasteiger charge is -2.21. The molecule has 7 heteroatoms. The average Bonchev–Trinajstić information content (AvgIpc) is 2.75. The lowest BCUT2D eigenvalue weighted by atomic mass is 10.1. The van der Waals surface area contributed by atoms with Crippen molar-refractivity contribution in [2.45, 2.75) is 33.0 Å². The number of halogens is 1. The molecule has 2 atom stereocenters. The molecule has 160 valence electrons. The molecular formula is C23H28BrN3O3. The highest BCUT2D eigenvalue weighted by Gasteiger charge is 2.21. The number of benzene rings is 2. The number of fused-ring (bicyclic) bond motifs is 1. The van der Waals surface area contributed by atoms with Gasteiger partial charge in [0.2, 0.25) is 0 Å². The predicted octanol–water partition coefficient (Wildman–Crippen LogP) is 5.32. The van der Waals surface area contributed by atoms with E-state index in [4.69, 9.17) is 19.2 Å². The highest BCUT2D eigenvalue weighted by molar-refractivity contribution is 9.10. The molecule has 0 radical (unpaired) electrons. The highest BCUT2D eigenvalue weighted by atomic mass is 79.9. The molecule has 3 rings (SSSR count). The van der Waals surface area contributed by atoms with Gasteiger partial charge in [0, 0.05) is 26.6 Å². The minimum atomic E-state index is -0.150. The van der Waals surface area contributed by atoms with Gasteiger partial charge >= 0.3 is 6.01 Å². The molecule has 0 N–H and O–H groups in total. The fourth-order valence-corrected chi connectivity index (χ4v) is 3.44. The molecule has 2 aromatic carbocycles. The summed E-state index contributed by atoms with van der Waals surface area (Å²) in [6.07, 6.45) is -0.214. The Bertz CT molecular complexity index is 1010. The molecule has 3 aromatic rings. The van der Waals surface area contributed by atoms with Crippen molar-refractivity contribution in [1.82, 2.24) is 9.97 Å². The molecule has 2 unspecified atom stereocenters. The summed E-state index contributed by atoms with van der Waals surface area (Å²) in [5.41, 5.74) is 2.84. The number of nitrogens with zero attached hydrogens (tertiary/aromatic N) is 3. The maximum absolute atomic E-state index is 6.43. The molecule has 0 aliphatic rings. The zero-order valence-corrected chi connectivity index (χ0v) is 19.9. The lowest BCUT2D eigenvalue weighted by molar-refractivity contribution is 0.0682. The second-order valence-corrected chi connectivity index (χ2v) is 8.28. The number of methoxy groups -OCH3 is 1. The first kappa shape index (κ1) is 22.3. The van der Waals surface area contributed by atoms with E-state index in [2.05, 4.69) is 39.1 Å². The van der Waals surface area contributed by atoms with Gasteiger partial charge in [0.15, 0.2) is 5.75 Å². The van der Waals surface area contributed by atoms with E-state index in [1.807, 2.05) is 58.0 Å². The molecule has 0 saturated heterocycles. The normalized spacial score (nSPS) is 13.2. The fraction of sp³-hybridized carbons (Fsp3) is 0.391. The van der Waals surface area contributed by atoms with Crippen LogP contribution in [0.5, 0.6) is 11.8 Å². The first-order chi connectivity index (χ1) is 14.3. The number of hydrogen-bond acceptors (Lipinski definition) is 6. The van der Waals surface area contributed by atoms with Gasteiger partial charge in [-0.05, 0) is 53.9 Å². The van der Waals surface area contributed by atoms with Crippen LogP contribution in [0.4, 0.5) is 5.82 Å². The zero-order valence-electron chi connectivity index (χ0n) is 18.3. The minimum Gasteiger partial charge on any atom is -0.483 e. The summed E-state index contributed by atoms with van der Waals surface area (Å²) < 4.78 is 18.4. The summed E-state index contributed by atoms with van der Waals surface area (Å²) in [5.74, 6) is 1.45. The molecule has 6 nitrogen and oxygen atoms in total. The summed E-state index contributed by atoms with van der Waals surface area (Å²) in [5, 5.41) is 0.906. The van der Waals surface area contributed by atoms with Crippen LogP contribution in [-0.4, -0.2) is 43.9 Å². The van der Waals surface area contributed by atoms with Crippen molar-refractivity contribution < 1.29 is 14.2 Å². The third-order valence-electron chi connectivity index (χ3n) is 4.86. The monoisotopic (exact) mass is 473 g/mol. The predicted molar refractivity (Wildman–Crippen MR) is 124 cm³/mol. The summed E-state index contributed by atoms with van der Waals surface area (Å²) in [6, 6.07) is 12.5. The molecule has 0 saturated carbocycles. The smallest absolute Gasteiger partial charge is 0.319 e. The minimum absolute atomic E-state index is 0.0642. The molecule has 1 heterocycles. The van der Waals surface area contributed by atoms with Crippen molar-refractivity contribution in [2.24, 2.45) is 0 Å². The van der Waals surface area contributed by atoms with Crippen LogP contribution in [0.1, 0.15) is 31.1 Å². The first-order valence-electron chi connectivity index (χ1n) is 9.87. The quantitative estimate of drug-likeness (QED) is 0.441. The topological polar surface area (TPSA) is 56.7 Å². The van der Waals surface area contributed by atoms with Crippen LogP contribution in [0.15, 0.2) is 40.9 Å². The Kier molecular flexibility index (Phi) is 7.15. The Morgan fingerprint density at radius 3 is 2.43 bits per heavy atom. The highest BCUT2D eigenvalue weighted by Crippen LogP contribution is 2.41. The van der Waals surface area contributed by atoms with Gasteiger partial charge in [-0.1, -0.05) is 30.3 Å². The summed E-state index contributed by atoms with van der Waals surface area (Å²) in [7, 11) is 5.55. The van der Waals surface area contributed by atoms with Crippen molar-refractivity contribution in [3.05, 3.63) is 52.0 Å². The van der Waals surface area contributed by atoms with Gasteiger partial charge < -0.3 is 19.1 Å². The Morgan fingerprint density at radius 1 is 1.10 bits per heavy atom. The molecule has 0 fully saturated rings. The number of aryl methyl sites for hydroxylation is 1. The summed E-state index contributed by atoms with van der Waals surface area (Å²) >= 11 is 3.70. The molecule has 1 aromatic heterocycles. The van der Waals surface area contributed by atoms with E-state index in [0.29, 0.717) is 23.9 Å². The van der Waals surface area contributed by atoms with E-state index in [1.165, 1.54) is 0 Å². The van der Waals surface area contributed by atoms with Crippen LogP contribution in [0.3, 0.4) is 0 Å². The zero-order chi connectivity index (χ0) is 21.8. The summed E-state index contributed by atoms with van der Waals surface area (Å²) in [6.45, 7) is 6.36. The Balaban J connectivity index is 2.12. The van der Waals surface area contributed by atoms with Gasteiger partial charge in [0.1, 0.15) is 24.0 Å². The molecule has 0 aliphatic heterocycles. The Morgan fingerprint density at radius 2 is 1.80 bits per heavy atom. The van der Waals surface area contributed by atoms with Gasteiger partial charge in [0.05, 0.1) is 10.6 Å². The van der Waals surface area contributed by atoms with Crippen LogP contribution in [0.25, 0.3) is 10.9 Å². The van der Waals surface area contributed by atoms with Crippen LogP contribution < -0.4 is 14.4 Å². The number of anilines is 1. The van der Waals surface area contributed by atoms with Gasteiger partial charge in [-0.25, -0.2) is 0 Å². The van der Waals surface area contributed by atoms with Crippen LogP contribution in [0, 0.1) is 6.92 Å². The standard InChI is InChI=1S/C23H28BrN3O3/c1-14-12-18-20(21(19(14)24)30-16(3)17-10-8-7-9-11-17)25-23(26-22(18)27(4)5)29-13-15(2)28-6/h7-12,15-16H,13H2,1-6H3. The third kappa shape index (κ3) is 4.84. The number of ether oxygens (including phenoxy) is 3. The fourth-order valence-electron chi connectivity index (χ4n) is 3.05. The van der Waals surface area contributed by atoms with Crippen LogP contribution in [-0.2, 0) is 4.74 Å². The van der Waals surface area contributed by atoms with E-state index >= 15 is 0 Å². The van der Waals surface area contributed by atoms with Gasteiger partial charge in [-0.2, -0.15) is 9.97 Å². The van der Waals surface area contributed by atoms with Crippen LogP contribution in [0.2, 0.25) is 0 Å². The third-order valence-corrected chi connectivity index (χ3v) is 5.85. The number of hydrogen-bond donors (Lipinski definition) is 0. The average molecular weight is 474 g/mol. The van der Waals surface area contributed by atoms with Crippen molar-refractivity contribution in [2.75, 3.05) is 32.7 Å². The van der Waals surface area contributed by atoms with E-state index in [0.717, 1.165) is 26.8 Å². The van der Waals surface area contributed by atoms with E-state index < -0.39 is 0 Å². The molecule has 0 bridgehead atoms. The van der Waals surface area contributed by atoms with Crippen molar-refractivity contribution >= 4 is 32.7 Å².